The van der Waals surface area contributed by atoms with Crippen molar-refractivity contribution in [2.75, 3.05) is 13.1 Å². The fourth-order valence-corrected chi connectivity index (χ4v) is 5.25. The highest BCUT2D eigenvalue weighted by atomic mass is 16.5. The summed E-state index contributed by atoms with van der Waals surface area (Å²) in [6.07, 6.45) is 4.62. The highest BCUT2D eigenvalue weighted by molar-refractivity contribution is 6.00. The van der Waals surface area contributed by atoms with Crippen LogP contribution >= 0.6 is 0 Å². The number of carbonyl (C=O) groups is 2. The lowest BCUT2D eigenvalue weighted by Crippen LogP contribution is -2.44. The third-order valence-corrected chi connectivity index (χ3v) is 6.34. The van der Waals surface area contributed by atoms with Crippen LogP contribution in [0.1, 0.15) is 42.5 Å². The van der Waals surface area contributed by atoms with Crippen LogP contribution in [0.5, 0.6) is 5.75 Å². The van der Waals surface area contributed by atoms with Gasteiger partial charge in [-0.2, -0.15) is 0 Å². The number of ether oxygens (including phenoxy) is 1. The zero-order valence-corrected chi connectivity index (χ0v) is 13.2. The van der Waals surface area contributed by atoms with Gasteiger partial charge in [-0.25, -0.2) is 0 Å². The number of benzene rings is 1. The Bertz CT molecular complexity index is 694. The Morgan fingerprint density at radius 3 is 2.83 bits per heavy atom. The molecule has 0 radical (unpaired) electrons. The highest BCUT2D eigenvalue weighted by Crippen LogP contribution is 2.66. The number of hydrogen-bond acceptors (Lipinski definition) is 3. The molecule has 1 amide bonds. The van der Waals surface area contributed by atoms with Gasteiger partial charge < -0.3 is 9.64 Å². The summed E-state index contributed by atoms with van der Waals surface area (Å²) in [6, 6.07) is 7.53. The third kappa shape index (κ3) is 1.84. The number of hydrogen-bond donors (Lipinski definition) is 0. The Labute approximate surface area is 135 Å². The second-order valence-electron chi connectivity index (χ2n) is 7.55. The first-order chi connectivity index (χ1) is 11.2. The number of ketones is 1. The summed E-state index contributed by atoms with van der Waals surface area (Å²) in [5.74, 6) is 1.97. The van der Waals surface area contributed by atoms with Crippen LogP contribution in [-0.2, 0) is 4.79 Å². The van der Waals surface area contributed by atoms with Crippen molar-refractivity contribution in [3.8, 4) is 5.75 Å². The van der Waals surface area contributed by atoms with E-state index in [-0.39, 0.29) is 17.6 Å². The van der Waals surface area contributed by atoms with Crippen LogP contribution in [0.15, 0.2) is 24.3 Å². The maximum Gasteiger partial charge on any atom is 0.226 e. The molecule has 0 aromatic heterocycles. The average molecular weight is 311 g/mol. The van der Waals surface area contributed by atoms with Crippen molar-refractivity contribution in [3.63, 3.8) is 0 Å². The summed E-state index contributed by atoms with van der Waals surface area (Å²) in [6.45, 7) is 1.81. The van der Waals surface area contributed by atoms with Crippen molar-refractivity contribution in [1.29, 1.82) is 0 Å². The van der Waals surface area contributed by atoms with Crippen molar-refractivity contribution in [2.45, 2.75) is 37.7 Å². The van der Waals surface area contributed by atoms with E-state index in [0.29, 0.717) is 29.6 Å². The number of amides is 1. The van der Waals surface area contributed by atoms with E-state index in [4.69, 9.17) is 4.74 Å². The quantitative estimate of drug-likeness (QED) is 0.801. The lowest BCUT2D eigenvalue weighted by atomic mass is 9.84. The first-order valence-corrected chi connectivity index (χ1v) is 8.80. The first kappa shape index (κ1) is 13.6. The number of rotatable bonds is 1. The summed E-state index contributed by atoms with van der Waals surface area (Å²) < 4.78 is 6.36. The van der Waals surface area contributed by atoms with Crippen molar-refractivity contribution in [2.24, 2.45) is 17.8 Å². The molecule has 0 bridgehead atoms. The summed E-state index contributed by atoms with van der Waals surface area (Å²) in [5.41, 5.74) is 0.278. The average Bonchev–Trinajstić information content (AvgIpc) is 2.89. The van der Waals surface area contributed by atoms with E-state index in [1.165, 1.54) is 0 Å². The van der Waals surface area contributed by atoms with Crippen LogP contribution in [0.2, 0.25) is 0 Å². The van der Waals surface area contributed by atoms with Gasteiger partial charge in [0.25, 0.3) is 0 Å². The van der Waals surface area contributed by atoms with Crippen molar-refractivity contribution in [1.82, 2.24) is 4.90 Å². The monoisotopic (exact) mass is 311 g/mol. The highest BCUT2D eigenvalue weighted by Gasteiger charge is 2.71. The lowest BCUT2D eigenvalue weighted by molar-refractivity contribution is -0.133. The molecule has 4 nitrogen and oxygen atoms in total. The third-order valence-electron chi connectivity index (χ3n) is 6.34. The molecule has 4 atom stereocenters. The minimum Gasteiger partial charge on any atom is -0.486 e. The molecule has 120 valence electrons. The van der Waals surface area contributed by atoms with Gasteiger partial charge in [-0.05, 0) is 43.7 Å². The predicted molar refractivity (Wildman–Crippen MR) is 84.3 cm³/mol. The molecule has 4 heteroatoms. The molecule has 1 aromatic carbocycles. The van der Waals surface area contributed by atoms with Crippen LogP contribution in [0.4, 0.5) is 0 Å². The molecule has 2 heterocycles. The van der Waals surface area contributed by atoms with Crippen molar-refractivity contribution >= 4 is 11.7 Å². The lowest BCUT2D eigenvalue weighted by Gasteiger charge is -2.37. The minimum absolute atomic E-state index is 0.0971. The van der Waals surface area contributed by atoms with Gasteiger partial charge in [-0.1, -0.05) is 12.1 Å². The van der Waals surface area contributed by atoms with E-state index in [0.717, 1.165) is 38.8 Å². The topological polar surface area (TPSA) is 46.6 Å². The normalized spacial score (nSPS) is 37.5. The van der Waals surface area contributed by atoms with E-state index in [9.17, 15) is 9.59 Å². The summed E-state index contributed by atoms with van der Waals surface area (Å²) in [4.78, 5) is 27.4. The van der Waals surface area contributed by atoms with Crippen LogP contribution in [0, 0.1) is 17.8 Å². The molecule has 4 aliphatic rings. The maximum absolute atomic E-state index is 12.8. The standard InChI is InChI=1S/C19H21NO3/c21-14-11-19(23-15-6-2-1-5-12(14)15)8-7-13-16(17(13)19)18(22)20-9-3-4-10-20/h1-2,5-6,13,16-17H,3-4,7-11H2/t13-,16+,17+,19+/m1/s1. The molecule has 3 fully saturated rings. The number of likely N-dealkylation sites (tertiary alicyclic amines) is 1. The molecule has 2 saturated carbocycles. The van der Waals surface area contributed by atoms with Crippen molar-refractivity contribution < 1.29 is 14.3 Å². The van der Waals surface area contributed by atoms with Gasteiger partial charge in [0.2, 0.25) is 5.91 Å². The molecule has 2 aliphatic heterocycles. The van der Waals surface area contributed by atoms with Gasteiger partial charge in [0.05, 0.1) is 12.0 Å². The molecule has 1 spiro atoms. The summed E-state index contributed by atoms with van der Waals surface area (Å²) in [5, 5.41) is 0. The molecule has 0 N–H and O–H groups in total. The summed E-state index contributed by atoms with van der Waals surface area (Å²) in [7, 11) is 0. The van der Waals surface area contributed by atoms with Crippen LogP contribution < -0.4 is 4.74 Å². The first-order valence-electron chi connectivity index (χ1n) is 8.80. The number of para-hydroxylation sites is 1. The van der Waals surface area contributed by atoms with Gasteiger partial charge in [0.1, 0.15) is 11.4 Å². The maximum atomic E-state index is 12.8. The Balaban J connectivity index is 1.42. The van der Waals surface area contributed by atoms with Crippen molar-refractivity contribution in [3.05, 3.63) is 29.8 Å². The minimum atomic E-state index is -0.420. The molecule has 1 aromatic rings. The van der Waals surface area contributed by atoms with E-state index in [2.05, 4.69) is 0 Å². The van der Waals surface area contributed by atoms with Crippen LogP contribution in [0.3, 0.4) is 0 Å². The molecule has 1 saturated heterocycles. The largest absolute Gasteiger partial charge is 0.486 e. The summed E-state index contributed by atoms with van der Waals surface area (Å²) >= 11 is 0. The van der Waals surface area contributed by atoms with Crippen LogP contribution in [0.25, 0.3) is 0 Å². The Morgan fingerprint density at radius 1 is 1.22 bits per heavy atom. The molecular formula is C19H21NO3. The predicted octanol–water partition coefficient (Wildman–Crippen LogP) is 2.67. The second-order valence-corrected chi connectivity index (χ2v) is 7.55. The van der Waals surface area contributed by atoms with Gasteiger partial charge in [-0.3, -0.25) is 9.59 Å². The molecular weight excluding hydrogens is 290 g/mol. The Morgan fingerprint density at radius 2 is 2.00 bits per heavy atom. The zero-order chi connectivity index (χ0) is 15.6. The van der Waals surface area contributed by atoms with E-state index in [1.54, 1.807) is 0 Å². The van der Waals surface area contributed by atoms with E-state index >= 15 is 0 Å². The molecule has 5 rings (SSSR count). The van der Waals surface area contributed by atoms with Gasteiger partial charge >= 0.3 is 0 Å². The Kier molecular flexibility index (Phi) is 2.71. The van der Waals surface area contributed by atoms with Gasteiger partial charge in [0.15, 0.2) is 5.78 Å². The van der Waals surface area contributed by atoms with Gasteiger partial charge in [0, 0.05) is 24.9 Å². The second kappa shape index (κ2) is 4.59. The molecule has 23 heavy (non-hydrogen) atoms. The zero-order valence-electron chi connectivity index (χ0n) is 13.2. The van der Waals surface area contributed by atoms with E-state index < -0.39 is 5.60 Å². The number of Topliss-reactive ketones (excluding diaryl/α,β-unsaturated/α-hetero) is 1. The number of fused-ring (bicyclic) bond motifs is 3. The Hall–Kier alpha value is -1.84. The molecule has 0 unspecified atom stereocenters. The van der Waals surface area contributed by atoms with E-state index in [1.807, 2.05) is 29.2 Å². The van der Waals surface area contributed by atoms with Gasteiger partial charge in [-0.15, -0.1) is 0 Å². The number of nitrogens with zero attached hydrogens (tertiary/aromatic N) is 1. The fourth-order valence-electron chi connectivity index (χ4n) is 5.25. The number of carbonyl (C=O) groups excluding carboxylic acids is 2. The van der Waals surface area contributed by atoms with Crippen LogP contribution in [-0.4, -0.2) is 35.3 Å². The smallest absolute Gasteiger partial charge is 0.226 e. The fraction of sp³-hybridized carbons (Fsp3) is 0.579. The molecule has 2 aliphatic carbocycles. The SMILES string of the molecule is O=C1C[C@]2(CC[C@@H]3[C@H](C(=O)N4CCCC4)[C@H]32)Oc2ccccc21.